The molecular weight excluding hydrogens is 735 g/mol. The number of anilines is 2. The highest BCUT2D eigenvalue weighted by Gasteiger charge is 2.35. The van der Waals surface area contributed by atoms with E-state index in [-0.39, 0.29) is 29.2 Å². The summed E-state index contributed by atoms with van der Waals surface area (Å²) in [4.78, 5) is 37.4. The molecular formula is C35H45N11O8S+2. The van der Waals surface area contributed by atoms with Crippen molar-refractivity contribution in [2.24, 2.45) is 12.0 Å². The topological polar surface area (TPSA) is 211 Å². The molecule has 1 unspecified atom stereocenters. The fraction of sp³-hybridized carbons (Fsp3) is 0.571. The van der Waals surface area contributed by atoms with Crippen LogP contribution in [0.4, 0.5) is 17.3 Å². The summed E-state index contributed by atoms with van der Waals surface area (Å²) in [5.41, 5.74) is 1.20. The van der Waals surface area contributed by atoms with E-state index in [0.29, 0.717) is 79.7 Å². The molecule has 3 aliphatic rings. The van der Waals surface area contributed by atoms with Crippen molar-refractivity contribution in [2.75, 3.05) is 81.2 Å². The maximum Gasteiger partial charge on any atom is 0.489 e. The molecule has 4 aromatic rings. The lowest BCUT2D eigenvalue weighted by Crippen LogP contribution is -2.38. The van der Waals surface area contributed by atoms with Gasteiger partial charge in [-0.15, -0.1) is 4.68 Å². The van der Waals surface area contributed by atoms with Crippen LogP contribution in [0.15, 0.2) is 29.5 Å². The van der Waals surface area contributed by atoms with Crippen LogP contribution in [0.25, 0.3) is 10.9 Å². The Labute approximate surface area is 318 Å². The average molecular weight is 780 g/mol. The van der Waals surface area contributed by atoms with Gasteiger partial charge in [0.05, 0.1) is 56.6 Å². The number of aromatic amines is 1. The molecule has 0 spiro atoms. The lowest BCUT2D eigenvalue weighted by molar-refractivity contribution is -0.393. The summed E-state index contributed by atoms with van der Waals surface area (Å²) < 4.78 is 52.1. The SMILES string of the molecule is CC(c1cnn(C)c1[N+](=O)[O-])N(c1c#[n+]c2cc(N3CCOCC3)nc(OC3CCC(N=c4[n+]#cc(OCCN5CCOCC5)c[nH]4)CC3)c2c1)S(C)(=O)=O. The molecule has 0 aromatic carbocycles. The van der Waals surface area contributed by atoms with Gasteiger partial charge in [0.25, 0.3) is 0 Å². The number of aromatic nitrogens is 6. The van der Waals surface area contributed by atoms with Crippen LogP contribution in [-0.4, -0.2) is 122 Å². The van der Waals surface area contributed by atoms with Gasteiger partial charge in [-0.05, 0) is 48.6 Å². The zero-order valence-corrected chi connectivity index (χ0v) is 31.9. The van der Waals surface area contributed by atoms with Crippen molar-refractivity contribution in [3.05, 3.63) is 58.2 Å². The van der Waals surface area contributed by atoms with Crippen LogP contribution in [0.1, 0.15) is 44.2 Å². The summed E-state index contributed by atoms with van der Waals surface area (Å²) in [6, 6.07) is 2.46. The normalized spacial score (nSPS) is 20.4. The third-order valence-electron chi connectivity index (χ3n) is 10.00. The minimum Gasteiger partial charge on any atom is -0.479 e. The Hall–Kier alpha value is -5.28. The second-order valence-corrected chi connectivity index (χ2v) is 15.6. The number of H-pyrrole nitrogens is 1. The van der Waals surface area contributed by atoms with Crippen LogP contribution >= 0.6 is 0 Å². The summed E-state index contributed by atoms with van der Waals surface area (Å²) in [6.07, 6.45) is 12.6. The van der Waals surface area contributed by atoms with E-state index in [2.05, 4.69) is 42.2 Å². The van der Waals surface area contributed by atoms with Gasteiger partial charge in [0.1, 0.15) is 43.2 Å². The monoisotopic (exact) mass is 779 g/mol. The zero-order valence-electron chi connectivity index (χ0n) is 31.1. The van der Waals surface area contributed by atoms with Crippen molar-refractivity contribution >= 4 is 38.2 Å². The Morgan fingerprint density at radius 3 is 2.51 bits per heavy atom. The first-order valence-electron chi connectivity index (χ1n) is 18.4. The standard InChI is InChI=1S/C35H44N11O8S/c1-24(30-23-39-42(2)34(30)46(47)48)45(55(3,49)50)26-18-29-31(36-20-26)19-32(44-11-15-52-16-12-44)41-33(29)54-27-6-4-25(5-7-27)40-35-37-21-28(22-38-35)53-17-10-43-8-13-51-14-9-43/h18-19,21,23-25,27H,4-17H2,1-3H3/q+1/p+1. The largest absolute Gasteiger partial charge is 0.489 e. The summed E-state index contributed by atoms with van der Waals surface area (Å²) >= 11 is 0. The first-order valence-corrected chi connectivity index (χ1v) is 20.2. The van der Waals surface area contributed by atoms with Crippen molar-refractivity contribution in [1.29, 1.82) is 0 Å². The predicted octanol–water partition coefficient (Wildman–Crippen LogP) is 0.370. The number of ether oxygens (including phenoxy) is 4. The van der Waals surface area contributed by atoms with Gasteiger partial charge in [0.2, 0.25) is 21.7 Å². The molecule has 3 fully saturated rings. The summed E-state index contributed by atoms with van der Waals surface area (Å²) in [5.74, 6) is 1.19. The number of pyridine rings is 1. The van der Waals surface area contributed by atoms with Crippen LogP contribution in [0.5, 0.6) is 11.6 Å². The highest BCUT2D eigenvalue weighted by molar-refractivity contribution is 7.92. The first kappa shape index (κ1) is 38.0. The fourth-order valence-corrected chi connectivity index (χ4v) is 8.26. The van der Waals surface area contributed by atoms with Gasteiger partial charge in [-0.1, -0.05) is 10.1 Å². The summed E-state index contributed by atoms with van der Waals surface area (Å²) in [6.45, 7) is 8.59. The Morgan fingerprint density at radius 1 is 1.11 bits per heavy atom. The Kier molecular flexibility index (Phi) is 11.5. The Bertz CT molecular complexity index is 2120. The number of sulfonamides is 1. The van der Waals surface area contributed by atoms with Crippen LogP contribution in [0.3, 0.4) is 0 Å². The maximum atomic E-state index is 13.3. The highest BCUT2D eigenvalue weighted by atomic mass is 32.2. The highest BCUT2D eigenvalue weighted by Crippen LogP contribution is 2.36. The molecule has 0 radical (unpaired) electrons. The quantitative estimate of drug-likeness (QED) is 0.144. The number of nitrogens with zero attached hydrogens (tertiary/aromatic N) is 10. The van der Waals surface area contributed by atoms with E-state index in [4.69, 9.17) is 28.9 Å². The molecule has 1 aliphatic carbocycles. The second kappa shape index (κ2) is 16.6. The average Bonchev–Trinajstić information content (AvgIpc) is 3.58. The van der Waals surface area contributed by atoms with Gasteiger partial charge in [-0.25, -0.2) is 17.7 Å². The number of aryl methyl sites for hydroxylation is 1. The number of fused-ring (bicyclic) bond motifs is 1. The fourth-order valence-electron chi connectivity index (χ4n) is 7.12. The predicted molar refractivity (Wildman–Crippen MR) is 195 cm³/mol. The van der Waals surface area contributed by atoms with E-state index in [1.807, 2.05) is 6.07 Å². The van der Waals surface area contributed by atoms with Gasteiger partial charge in [-0.2, -0.15) is 9.97 Å². The first-order chi connectivity index (χ1) is 26.5. The number of morpholine rings is 2. The number of rotatable bonds is 13. The molecule has 7 rings (SSSR count). The molecule has 1 saturated carbocycles. The van der Waals surface area contributed by atoms with E-state index >= 15 is 0 Å². The summed E-state index contributed by atoms with van der Waals surface area (Å²) in [7, 11) is -2.56. The van der Waals surface area contributed by atoms with E-state index in [1.54, 1.807) is 19.2 Å². The second-order valence-electron chi connectivity index (χ2n) is 13.8. The van der Waals surface area contributed by atoms with E-state index in [1.165, 1.54) is 13.2 Å². The molecule has 6 heterocycles. The van der Waals surface area contributed by atoms with Crippen molar-refractivity contribution in [3.8, 4) is 11.6 Å². The van der Waals surface area contributed by atoms with E-state index in [9.17, 15) is 18.5 Å². The minimum absolute atomic E-state index is 0.0266. The van der Waals surface area contributed by atoms with Gasteiger partial charge < -0.3 is 34.0 Å². The van der Waals surface area contributed by atoms with Gasteiger partial charge in [-0.3, -0.25) is 4.90 Å². The molecule has 19 nitrogen and oxygen atoms in total. The third kappa shape index (κ3) is 9.00. The number of nitrogens with one attached hydrogen (secondary N) is 1. The molecule has 4 aromatic heterocycles. The van der Waals surface area contributed by atoms with Crippen molar-refractivity contribution in [1.82, 2.24) is 24.6 Å². The zero-order chi connectivity index (χ0) is 38.5. The molecule has 2 aliphatic heterocycles. The molecule has 1 N–H and O–H groups in total. The molecule has 0 amide bonds. The van der Waals surface area contributed by atoms with E-state index < -0.39 is 21.0 Å². The van der Waals surface area contributed by atoms with Crippen LogP contribution in [0.2, 0.25) is 0 Å². The molecule has 20 heteroatoms. The number of nitro groups is 1. The van der Waals surface area contributed by atoms with Crippen LogP contribution in [-0.2, 0) is 26.5 Å². The van der Waals surface area contributed by atoms with Gasteiger partial charge >= 0.3 is 23.1 Å². The van der Waals surface area contributed by atoms with Crippen LogP contribution in [0, 0.1) is 22.5 Å². The van der Waals surface area contributed by atoms with Gasteiger partial charge in [0, 0.05) is 32.7 Å². The maximum absolute atomic E-state index is 13.3. The summed E-state index contributed by atoms with van der Waals surface area (Å²) in [5, 5.41) is 16.4. The third-order valence-corrected chi connectivity index (χ3v) is 11.2. The Balaban J connectivity index is 1.09. The molecule has 55 heavy (non-hydrogen) atoms. The molecule has 292 valence electrons. The van der Waals surface area contributed by atoms with Crippen LogP contribution < -0.4 is 34.3 Å². The Morgan fingerprint density at radius 2 is 1.84 bits per heavy atom. The molecule has 0 bridgehead atoms. The van der Waals surface area contributed by atoms with Crippen molar-refractivity contribution in [3.63, 3.8) is 0 Å². The number of hydrogen-bond acceptors (Lipinski definition) is 13. The molecule has 1 atom stereocenters. The lowest BCUT2D eigenvalue weighted by Gasteiger charge is -2.29. The minimum atomic E-state index is -3.99. The van der Waals surface area contributed by atoms with Crippen molar-refractivity contribution in [2.45, 2.75) is 50.8 Å². The smallest absolute Gasteiger partial charge is 0.479 e. The molecule has 2 saturated heterocycles. The van der Waals surface area contributed by atoms with Crippen molar-refractivity contribution < 1.29 is 42.3 Å². The number of hydrogen-bond donors (Lipinski definition) is 1. The van der Waals surface area contributed by atoms with Gasteiger partial charge in [0.15, 0.2) is 11.9 Å². The lowest BCUT2D eigenvalue weighted by atomic mass is 9.93. The van der Waals surface area contributed by atoms with E-state index in [0.717, 1.165) is 60.9 Å².